The van der Waals surface area contributed by atoms with Crippen molar-refractivity contribution in [3.05, 3.63) is 23.4 Å². The maximum Gasteiger partial charge on any atom is 0.133 e. The topological polar surface area (TPSA) is 42.1 Å². The summed E-state index contributed by atoms with van der Waals surface area (Å²) in [5, 5.41) is 0. The molecule has 2 aliphatic rings. The van der Waals surface area contributed by atoms with Crippen LogP contribution < -0.4 is 10.6 Å². The van der Waals surface area contributed by atoms with E-state index in [0.29, 0.717) is 6.54 Å². The minimum absolute atomic E-state index is 0.594. The number of fused-ring (bicyclic) bond motifs is 1. The third-order valence-corrected chi connectivity index (χ3v) is 4.58. The van der Waals surface area contributed by atoms with Crippen LogP contribution in [0.4, 0.5) is 5.82 Å². The van der Waals surface area contributed by atoms with Crippen LogP contribution >= 0.6 is 0 Å². The summed E-state index contributed by atoms with van der Waals surface area (Å²) in [7, 11) is 0. The van der Waals surface area contributed by atoms with E-state index in [-0.39, 0.29) is 0 Å². The summed E-state index contributed by atoms with van der Waals surface area (Å²) < 4.78 is 0. The zero-order valence-electron chi connectivity index (χ0n) is 11.2. The molecule has 1 saturated heterocycles. The normalized spacial score (nSPS) is 27.3. The minimum atomic E-state index is 0.594. The number of nitrogens with two attached hydrogens (primary N) is 1. The van der Waals surface area contributed by atoms with Gasteiger partial charge in [0.05, 0.1) is 0 Å². The highest BCUT2D eigenvalue weighted by atomic mass is 15.2. The highest BCUT2D eigenvalue weighted by molar-refractivity contribution is 5.49. The van der Waals surface area contributed by atoms with Gasteiger partial charge in [0, 0.05) is 30.4 Å². The van der Waals surface area contributed by atoms with Gasteiger partial charge >= 0.3 is 0 Å². The van der Waals surface area contributed by atoms with Gasteiger partial charge in [0.25, 0.3) is 0 Å². The quantitative estimate of drug-likeness (QED) is 0.871. The van der Waals surface area contributed by atoms with Gasteiger partial charge in [0.15, 0.2) is 0 Å². The van der Waals surface area contributed by atoms with E-state index in [4.69, 9.17) is 10.7 Å². The maximum absolute atomic E-state index is 5.88. The largest absolute Gasteiger partial charge is 0.353 e. The highest BCUT2D eigenvalue weighted by Crippen LogP contribution is 2.39. The fraction of sp³-hybridized carbons (Fsp3) is 0.667. The van der Waals surface area contributed by atoms with Crippen molar-refractivity contribution in [3.63, 3.8) is 0 Å². The summed E-state index contributed by atoms with van der Waals surface area (Å²) >= 11 is 0. The first-order valence-electron chi connectivity index (χ1n) is 7.23. The summed E-state index contributed by atoms with van der Waals surface area (Å²) in [5.74, 6) is 2.06. The van der Waals surface area contributed by atoms with Crippen LogP contribution in [0, 0.1) is 12.8 Å². The standard InChI is InChI=1S/C15H23N3/c1-11-7-8-13(10-16)15(17-11)18-9-3-5-12-4-2-6-14(12)18/h7-8,12,14H,2-6,9-10,16H2,1H3. The first-order chi connectivity index (χ1) is 8.79. The van der Waals surface area contributed by atoms with E-state index in [0.717, 1.165) is 30.0 Å². The molecule has 0 radical (unpaired) electrons. The van der Waals surface area contributed by atoms with E-state index in [9.17, 15) is 0 Å². The van der Waals surface area contributed by atoms with Crippen LogP contribution in [0.25, 0.3) is 0 Å². The molecule has 0 bridgehead atoms. The molecule has 2 N–H and O–H groups in total. The van der Waals surface area contributed by atoms with E-state index >= 15 is 0 Å². The zero-order valence-corrected chi connectivity index (χ0v) is 11.2. The van der Waals surface area contributed by atoms with E-state index in [1.807, 2.05) is 0 Å². The molecule has 2 fully saturated rings. The number of nitrogens with zero attached hydrogens (tertiary/aromatic N) is 2. The third kappa shape index (κ3) is 2.01. The molecule has 0 aromatic carbocycles. The Labute approximate surface area is 109 Å². The second-order valence-corrected chi connectivity index (χ2v) is 5.73. The Balaban J connectivity index is 1.95. The fourth-order valence-electron chi connectivity index (χ4n) is 3.70. The van der Waals surface area contributed by atoms with Crippen LogP contribution in [-0.4, -0.2) is 17.6 Å². The van der Waals surface area contributed by atoms with Crippen molar-refractivity contribution in [2.75, 3.05) is 11.4 Å². The van der Waals surface area contributed by atoms with Crippen LogP contribution in [-0.2, 0) is 6.54 Å². The van der Waals surface area contributed by atoms with Gasteiger partial charge in [-0.3, -0.25) is 0 Å². The molecule has 3 nitrogen and oxygen atoms in total. The van der Waals surface area contributed by atoms with Crippen molar-refractivity contribution >= 4 is 5.82 Å². The van der Waals surface area contributed by atoms with Crippen molar-refractivity contribution in [2.24, 2.45) is 11.7 Å². The molecular weight excluding hydrogens is 222 g/mol. The van der Waals surface area contributed by atoms with Crippen molar-refractivity contribution in [3.8, 4) is 0 Å². The molecule has 0 amide bonds. The summed E-state index contributed by atoms with van der Waals surface area (Å²) in [5.41, 5.74) is 8.18. The predicted molar refractivity (Wildman–Crippen MR) is 74.6 cm³/mol. The van der Waals surface area contributed by atoms with Gasteiger partial charge in [-0.05, 0) is 44.6 Å². The molecule has 1 aromatic rings. The number of piperidine rings is 1. The molecule has 2 heterocycles. The summed E-state index contributed by atoms with van der Waals surface area (Å²) in [6, 6.07) is 4.94. The summed E-state index contributed by atoms with van der Waals surface area (Å²) in [6.45, 7) is 3.82. The smallest absolute Gasteiger partial charge is 0.133 e. The molecule has 0 spiro atoms. The van der Waals surface area contributed by atoms with Crippen LogP contribution in [0.15, 0.2) is 12.1 Å². The second kappa shape index (κ2) is 4.88. The van der Waals surface area contributed by atoms with Gasteiger partial charge in [-0.2, -0.15) is 0 Å². The molecule has 3 heteroatoms. The molecule has 98 valence electrons. The Morgan fingerprint density at radius 2 is 2.11 bits per heavy atom. The highest BCUT2D eigenvalue weighted by Gasteiger charge is 2.36. The van der Waals surface area contributed by atoms with Crippen LogP contribution in [0.3, 0.4) is 0 Å². The molecule has 1 aliphatic carbocycles. The van der Waals surface area contributed by atoms with Crippen LogP contribution in [0.2, 0.25) is 0 Å². The molecule has 2 unspecified atom stereocenters. The average molecular weight is 245 g/mol. The van der Waals surface area contributed by atoms with Crippen molar-refractivity contribution in [2.45, 2.75) is 51.6 Å². The number of aryl methyl sites for hydroxylation is 1. The Kier molecular flexibility index (Phi) is 3.25. The Bertz CT molecular complexity index is 430. The van der Waals surface area contributed by atoms with Crippen LogP contribution in [0.5, 0.6) is 0 Å². The number of anilines is 1. The lowest BCUT2D eigenvalue weighted by molar-refractivity contribution is 0.360. The fourth-order valence-corrected chi connectivity index (χ4v) is 3.70. The Morgan fingerprint density at radius 3 is 2.94 bits per heavy atom. The van der Waals surface area contributed by atoms with Gasteiger partial charge in [0.1, 0.15) is 5.82 Å². The van der Waals surface area contributed by atoms with Gasteiger partial charge < -0.3 is 10.6 Å². The average Bonchev–Trinajstić information content (AvgIpc) is 2.86. The molecule has 1 saturated carbocycles. The second-order valence-electron chi connectivity index (χ2n) is 5.73. The van der Waals surface area contributed by atoms with Gasteiger partial charge in [-0.15, -0.1) is 0 Å². The Morgan fingerprint density at radius 1 is 1.28 bits per heavy atom. The molecular formula is C15H23N3. The van der Waals surface area contributed by atoms with E-state index in [1.165, 1.54) is 37.7 Å². The number of rotatable bonds is 2. The lowest BCUT2D eigenvalue weighted by Crippen LogP contribution is -2.43. The summed E-state index contributed by atoms with van der Waals surface area (Å²) in [6.07, 6.45) is 6.84. The number of aromatic nitrogens is 1. The van der Waals surface area contributed by atoms with E-state index in [1.54, 1.807) is 0 Å². The van der Waals surface area contributed by atoms with Crippen molar-refractivity contribution in [1.29, 1.82) is 0 Å². The third-order valence-electron chi connectivity index (χ3n) is 4.58. The molecule has 1 aromatic heterocycles. The van der Waals surface area contributed by atoms with Crippen molar-refractivity contribution < 1.29 is 0 Å². The number of hydrogen-bond acceptors (Lipinski definition) is 3. The number of pyridine rings is 1. The molecule has 18 heavy (non-hydrogen) atoms. The Hall–Kier alpha value is -1.09. The first kappa shape index (κ1) is 12.0. The van der Waals surface area contributed by atoms with Crippen molar-refractivity contribution in [1.82, 2.24) is 4.98 Å². The van der Waals surface area contributed by atoms with Gasteiger partial charge in [0.2, 0.25) is 0 Å². The van der Waals surface area contributed by atoms with E-state index in [2.05, 4.69) is 24.0 Å². The monoisotopic (exact) mass is 245 g/mol. The van der Waals surface area contributed by atoms with Gasteiger partial charge in [-0.1, -0.05) is 12.5 Å². The minimum Gasteiger partial charge on any atom is -0.353 e. The lowest BCUT2D eigenvalue weighted by atomic mass is 9.91. The maximum atomic E-state index is 5.88. The van der Waals surface area contributed by atoms with E-state index < -0.39 is 0 Å². The number of hydrogen-bond donors (Lipinski definition) is 1. The lowest BCUT2D eigenvalue weighted by Gasteiger charge is -2.39. The SMILES string of the molecule is Cc1ccc(CN)c(N2CCCC3CCCC32)n1. The predicted octanol–water partition coefficient (Wildman–Crippen LogP) is 2.62. The van der Waals surface area contributed by atoms with Gasteiger partial charge in [-0.25, -0.2) is 4.98 Å². The zero-order chi connectivity index (χ0) is 12.5. The molecule has 1 aliphatic heterocycles. The molecule has 3 rings (SSSR count). The van der Waals surface area contributed by atoms with Crippen LogP contribution in [0.1, 0.15) is 43.4 Å². The first-order valence-corrected chi connectivity index (χ1v) is 7.23. The summed E-state index contributed by atoms with van der Waals surface area (Å²) in [4.78, 5) is 7.33. The molecule has 2 atom stereocenters.